The van der Waals surface area contributed by atoms with Crippen LogP contribution in [0.25, 0.3) is 0 Å². The molecule has 1 amide bonds. The fraction of sp³-hybridized carbons (Fsp3) is 0.615. The monoisotopic (exact) mass is 290 g/mol. The number of hydrogen-bond donors (Lipinski definition) is 2. The summed E-state index contributed by atoms with van der Waals surface area (Å²) in [6, 6.07) is 0.456. The minimum atomic E-state index is -0.520. The Morgan fingerprint density at radius 1 is 1.48 bits per heavy atom. The minimum Gasteiger partial charge on any atom is -0.453 e. The number of fused-ring (bicyclic) bond motifs is 6. The van der Waals surface area contributed by atoms with Gasteiger partial charge >= 0.3 is 6.09 Å². The van der Waals surface area contributed by atoms with Gasteiger partial charge in [-0.05, 0) is 12.8 Å². The van der Waals surface area contributed by atoms with Gasteiger partial charge in [0.05, 0.1) is 19.6 Å². The number of carbonyl (C=O) groups is 1. The molecule has 1 aromatic rings. The van der Waals surface area contributed by atoms with Crippen LogP contribution in [0.4, 0.5) is 10.6 Å². The Balaban J connectivity index is 1.70. The maximum Gasteiger partial charge on any atom is 0.413 e. The van der Waals surface area contributed by atoms with Crippen LogP contribution in [0.5, 0.6) is 0 Å². The number of alkyl carbamates (subject to hydrolysis) is 1. The number of nitrogens with zero attached hydrogens (tertiary/aromatic N) is 4. The molecule has 8 heteroatoms. The predicted molar refractivity (Wildman–Crippen MR) is 75.6 cm³/mol. The molecule has 1 fully saturated rings. The molecule has 0 bridgehead atoms. The van der Waals surface area contributed by atoms with Crippen molar-refractivity contribution in [3.63, 3.8) is 0 Å². The SMILES string of the molecule is COC(=O)NC1=NNC2C3CCCCC3n3cncc3N12. The van der Waals surface area contributed by atoms with E-state index in [0.717, 1.165) is 12.2 Å². The van der Waals surface area contributed by atoms with Crippen LogP contribution in [0.3, 0.4) is 0 Å². The standard InChI is InChI=1S/C13H18N6O2/c1-21-13(20)15-12-17-16-11-8-4-2-3-5-9(8)18-7-14-6-10(18)19(11)12/h6-9,11,16H,2-5H2,1H3,(H,15,17,20). The van der Waals surface area contributed by atoms with E-state index in [1.165, 1.54) is 26.4 Å². The average molecular weight is 290 g/mol. The number of ether oxygens (including phenoxy) is 1. The molecule has 3 atom stereocenters. The highest BCUT2D eigenvalue weighted by atomic mass is 16.5. The lowest BCUT2D eigenvalue weighted by Crippen LogP contribution is -2.56. The smallest absolute Gasteiger partial charge is 0.413 e. The number of imidazole rings is 1. The van der Waals surface area contributed by atoms with Gasteiger partial charge in [-0.1, -0.05) is 12.8 Å². The summed E-state index contributed by atoms with van der Waals surface area (Å²) in [5.74, 6) is 1.89. The first-order valence-electron chi connectivity index (χ1n) is 7.29. The second-order valence-electron chi connectivity index (χ2n) is 5.67. The summed E-state index contributed by atoms with van der Waals surface area (Å²) in [6.07, 6.45) is 8.05. The van der Waals surface area contributed by atoms with Crippen LogP contribution in [-0.4, -0.2) is 34.9 Å². The van der Waals surface area contributed by atoms with Gasteiger partial charge in [-0.2, -0.15) is 0 Å². The summed E-state index contributed by atoms with van der Waals surface area (Å²) in [5, 5.41) is 6.94. The van der Waals surface area contributed by atoms with Gasteiger partial charge in [0.25, 0.3) is 0 Å². The molecule has 1 aliphatic carbocycles. The van der Waals surface area contributed by atoms with E-state index in [0.29, 0.717) is 17.9 Å². The lowest BCUT2D eigenvalue weighted by Gasteiger charge is -2.45. The molecular weight excluding hydrogens is 272 g/mol. The number of guanidine groups is 1. The molecule has 0 saturated heterocycles. The third-order valence-electron chi connectivity index (χ3n) is 4.65. The summed E-state index contributed by atoms with van der Waals surface area (Å²) in [5.41, 5.74) is 3.17. The van der Waals surface area contributed by atoms with Crippen LogP contribution in [0, 0.1) is 5.92 Å². The van der Waals surface area contributed by atoms with Crippen molar-refractivity contribution in [1.29, 1.82) is 0 Å². The van der Waals surface area contributed by atoms with Gasteiger partial charge in [0.1, 0.15) is 12.0 Å². The van der Waals surface area contributed by atoms with E-state index in [-0.39, 0.29) is 6.17 Å². The van der Waals surface area contributed by atoms with Gasteiger partial charge in [0.15, 0.2) is 0 Å². The highest BCUT2D eigenvalue weighted by Gasteiger charge is 2.46. The van der Waals surface area contributed by atoms with Gasteiger partial charge in [-0.15, -0.1) is 5.10 Å². The Morgan fingerprint density at radius 3 is 3.19 bits per heavy atom. The average Bonchev–Trinajstić information content (AvgIpc) is 3.14. The maximum absolute atomic E-state index is 11.5. The zero-order chi connectivity index (χ0) is 14.4. The maximum atomic E-state index is 11.5. The minimum absolute atomic E-state index is 0.0756. The lowest BCUT2D eigenvalue weighted by molar-refractivity contribution is 0.173. The van der Waals surface area contributed by atoms with Crippen LogP contribution in [0.1, 0.15) is 31.7 Å². The van der Waals surface area contributed by atoms with E-state index >= 15 is 0 Å². The molecule has 2 aliphatic heterocycles. The van der Waals surface area contributed by atoms with Gasteiger partial charge in [-0.3, -0.25) is 15.6 Å². The fourth-order valence-electron chi connectivity index (χ4n) is 3.73. The number of methoxy groups -OCH3 is 1. The highest BCUT2D eigenvalue weighted by Crippen LogP contribution is 2.44. The lowest BCUT2D eigenvalue weighted by atomic mass is 9.80. The van der Waals surface area contributed by atoms with E-state index in [1.54, 1.807) is 0 Å². The van der Waals surface area contributed by atoms with E-state index in [4.69, 9.17) is 0 Å². The van der Waals surface area contributed by atoms with Crippen molar-refractivity contribution < 1.29 is 9.53 Å². The highest BCUT2D eigenvalue weighted by molar-refractivity contribution is 6.04. The van der Waals surface area contributed by atoms with Gasteiger partial charge in [-0.25, -0.2) is 9.78 Å². The zero-order valence-electron chi connectivity index (χ0n) is 11.8. The molecule has 1 aromatic heterocycles. The molecule has 3 unspecified atom stereocenters. The summed E-state index contributed by atoms with van der Waals surface area (Å²) in [7, 11) is 1.34. The van der Waals surface area contributed by atoms with Crippen molar-refractivity contribution in [2.75, 3.05) is 12.0 Å². The van der Waals surface area contributed by atoms with E-state index in [9.17, 15) is 4.79 Å². The Morgan fingerprint density at radius 2 is 2.33 bits per heavy atom. The molecule has 3 heterocycles. The Hall–Kier alpha value is -2.25. The number of anilines is 1. The number of rotatable bonds is 0. The second kappa shape index (κ2) is 4.64. The Bertz CT molecular complexity index is 597. The van der Waals surface area contributed by atoms with Crippen molar-refractivity contribution >= 4 is 17.9 Å². The molecule has 1 saturated carbocycles. The number of nitrogens with one attached hydrogen (secondary N) is 2. The summed E-state index contributed by atoms with van der Waals surface area (Å²) < 4.78 is 6.87. The van der Waals surface area contributed by atoms with Crippen molar-refractivity contribution in [2.45, 2.75) is 37.9 Å². The molecule has 4 rings (SSSR count). The first-order chi connectivity index (χ1) is 10.3. The Labute approximate surface area is 122 Å². The number of carbonyl (C=O) groups excluding carboxylic acids is 1. The van der Waals surface area contributed by atoms with Crippen LogP contribution >= 0.6 is 0 Å². The number of hydrazone groups is 1. The predicted octanol–water partition coefficient (Wildman–Crippen LogP) is 0.991. The van der Waals surface area contributed by atoms with Crippen molar-refractivity contribution in [3.8, 4) is 0 Å². The molecule has 112 valence electrons. The first-order valence-corrected chi connectivity index (χ1v) is 7.29. The molecule has 0 radical (unpaired) electrons. The van der Waals surface area contributed by atoms with Gasteiger partial charge in [0, 0.05) is 12.0 Å². The molecule has 2 N–H and O–H groups in total. The van der Waals surface area contributed by atoms with Crippen LogP contribution < -0.4 is 15.6 Å². The molecule has 0 spiro atoms. The largest absolute Gasteiger partial charge is 0.453 e. The topological polar surface area (TPSA) is 83.8 Å². The fourth-order valence-corrected chi connectivity index (χ4v) is 3.73. The van der Waals surface area contributed by atoms with Crippen LogP contribution in [0.15, 0.2) is 17.6 Å². The third-order valence-corrected chi connectivity index (χ3v) is 4.65. The van der Waals surface area contributed by atoms with E-state index in [1.807, 2.05) is 17.4 Å². The second-order valence-corrected chi connectivity index (χ2v) is 5.67. The molecule has 3 aliphatic rings. The van der Waals surface area contributed by atoms with Crippen molar-refractivity contribution in [2.24, 2.45) is 11.0 Å². The number of amides is 1. The van der Waals surface area contributed by atoms with Gasteiger partial charge < -0.3 is 9.30 Å². The first kappa shape index (κ1) is 12.5. The molecular formula is C13H18N6O2. The summed E-state index contributed by atoms with van der Waals surface area (Å²) >= 11 is 0. The van der Waals surface area contributed by atoms with E-state index in [2.05, 4.69) is 30.1 Å². The summed E-state index contributed by atoms with van der Waals surface area (Å²) in [6.45, 7) is 0. The van der Waals surface area contributed by atoms with Crippen molar-refractivity contribution in [1.82, 2.24) is 20.3 Å². The molecule has 21 heavy (non-hydrogen) atoms. The van der Waals surface area contributed by atoms with Crippen LogP contribution in [-0.2, 0) is 4.74 Å². The van der Waals surface area contributed by atoms with Gasteiger partial charge in [0.2, 0.25) is 5.96 Å². The van der Waals surface area contributed by atoms with Crippen LogP contribution in [0.2, 0.25) is 0 Å². The molecule has 0 aromatic carbocycles. The van der Waals surface area contributed by atoms with E-state index < -0.39 is 6.09 Å². The quantitative estimate of drug-likeness (QED) is 0.744. The van der Waals surface area contributed by atoms with Crippen molar-refractivity contribution in [3.05, 3.63) is 12.5 Å². The normalized spacial score (nSPS) is 29.7. The zero-order valence-corrected chi connectivity index (χ0v) is 11.8. The third kappa shape index (κ3) is 1.78. The number of hydrogen-bond acceptors (Lipinski definition) is 6. The Kier molecular flexibility index (Phi) is 2.76. The molecule has 8 nitrogen and oxygen atoms in total. The number of aromatic nitrogens is 2. The summed E-state index contributed by atoms with van der Waals surface area (Å²) in [4.78, 5) is 17.8.